The van der Waals surface area contributed by atoms with Crippen LogP contribution in [0.25, 0.3) is 0 Å². The van der Waals surface area contributed by atoms with Crippen LogP contribution in [0, 0.1) is 11.3 Å². The van der Waals surface area contributed by atoms with Crippen molar-refractivity contribution in [3.05, 3.63) is 64.7 Å². The summed E-state index contributed by atoms with van der Waals surface area (Å²) in [4.78, 5) is 13.8. The van der Waals surface area contributed by atoms with Crippen molar-refractivity contribution >= 4 is 5.97 Å². The van der Waals surface area contributed by atoms with Gasteiger partial charge in [0.2, 0.25) is 0 Å². The van der Waals surface area contributed by atoms with E-state index < -0.39 is 5.41 Å². The molecule has 3 nitrogen and oxygen atoms in total. The van der Waals surface area contributed by atoms with E-state index in [2.05, 4.69) is 44.2 Å². The van der Waals surface area contributed by atoms with Gasteiger partial charge < -0.3 is 4.74 Å². The number of rotatable bonds is 18. The molecule has 1 fully saturated rings. The third-order valence-electron chi connectivity index (χ3n) is 8.86. The summed E-state index contributed by atoms with van der Waals surface area (Å²) in [5.74, 6) is 0.202. The number of hydrogen-bond acceptors (Lipinski definition) is 3. The Labute approximate surface area is 244 Å². The van der Waals surface area contributed by atoms with Gasteiger partial charge >= 0.3 is 5.97 Å². The molecule has 0 radical (unpaired) electrons. The number of ether oxygens (including phenoxy) is 1. The summed E-state index contributed by atoms with van der Waals surface area (Å²) in [6, 6.07) is 16.8. The normalized spacial score (nSPS) is 14.5. The largest absolute Gasteiger partial charge is 0.424 e. The molecule has 40 heavy (non-hydrogen) atoms. The first-order chi connectivity index (χ1) is 19.6. The summed E-state index contributed by atoms with van der Waals surface area (Å²) in [5, 5.41) is 9.87. The smallest absolute Gasteiger partial charge is 0.321 e. The standard InChI is InChI=1S/C37H53NO2/c1-3-5-7-9-10-11-13-16-20-32-23-26-35(33(29-32)30-38)40-36(39)37(27-17-14-18-28-37)34-24-21-31(22-25-34)19-15-12-8-6-4-2/h21-26,29H,3-20,27-28H2,1-2H3. The molecule has 0 amide bonds. The Bertz CT molecular complexity index is 1040. The summed E-state index contributed by atoms with van der Waals surface area (Å²) in [6.45, 7) is 4.50. The van der Waals surface area contributed by atoms with Crippen molar-refractivity contribution in [1.82, 2.24) is 0 Å². The first kappa shape index (κ1) is 31.9. The Morgan fingerprint density at radius 2 is 1.25 bits per heavy atom. The molecule has 0 aliphatic heterocycles. The lowest BCUT2D eigenvalue weighted by Crippen LogP contribution is -2.41. The average Bonchev–Trinajstić information content (AvgIpc) is 2.99. The van der Waals surface area contributed by atoms with Crippen LogP contribution < -0.4 is 4.74 Å². The first-order valence-electron chi connectivity index (χ1n) is 16.5. The molecule has 2 aromatic carbocycles. The van der Waals surface area contributed by atoms with Crippen LogP contribution in [0.4, 0.5) is 0 Å². The third-order valence-corrected chi connectivity index (χ3v) is 8.86. The zero-order valence-electron chi connectivity index (χ0n) is 25.4. The topological polar surface area (TPSA) is 50.1 Å². The Morgan fingerprint density at radius 1 is 0.725 bits per heavy atom. The van der Waals surface area contributed by atoms with Gasteiger partial charge in [0.15, 0.2) is 0 Å². The van der Waals surface area contributed by atoms with E-state index in [-0.39, 0.29) is 5.97 Å². The fourth-order valence-electron chi connectivity index (χ4n) is 6.26. The van der Waals surface area contributed by atoms with Gasteiger partial charge in [-0.05, 0) is 67.3 Å². The molecule has 0 unspecified atom stereocenters. The molecule has 3 rings (SSSR count). The lowest BCUT2D eigenvalue weighted by Gasteiger charge is -2.35. The second-order valence-corrected chi connectivity index (χ2v) is 12.1. The van der Waals surface area contributed by atoms with Gasteiger partial charge in [-0.3, -0.25) is 4.79 Å². The second kappa shape index (κ2) is 18.0. The van der Waals surface area contributed by atoms with Gasteiger partial charge in [-0.2, -0.15) is 5.26 Å². The minimum atomic E-state index is -0.625. The number of nitriles is 1. The van der Waals surface area contributed by atoms with E-state index in [1.807, 2.05) is 18.2 Å². The van der Waals surface area contributed by atoms with E-state index in [1.54, 1.807) is 0 Å². The maximum Gasteiger partial charge on any atom is 0.321 e. The van der Waals surface area contributed by atoms with E-state index in [9.17, 15) is 10.1 Å². The highest BCUT2D eigenvalue weighted by Gasteiger charge is 2.43. The van der Waals surface area contributed by atoms with E-state index in [0.717, 1.165) is 62.5 Å². The molecule has 0 atom stereocenters. The van der Waals surface area contributed by atoms with Crippen LogP contribution in [0.3, 0.4) is 0 Å². The van der Waals surface area contributed by atoms with Gasteiger partial charge in [-0.25, -0.2) is 0 Å². The molecule has 218 valence electrons. The third kappa shape index (κ3) is 9.79. The predicted octanol–water partition coefficient (Wildman–Crippen LogP) is 10.6. The number of carbonyl (C=O) groups excluding carboxylic acids is 1. The number of carbonyl (C=O) groups is 1. The van der Waals surface area contributed by atoms with Gasteiger partial charge in [-0.15, -0.1) is 0 Å². The number of benzene rings is 2. The lowest BCUT2D eigenvalue weighted by molar-refractivity contribution is -0.142. The Hall–Kier alpha value is -2.60. The van der Waals surface area contributed by atoms with E-state index in [4.69, 9.17) is 4.74 Å². The maximum atomic E-state index is 13.8. The molecule has 1 aliphatic carbocycles. The highest BCUT2D eigenvalue weighted by molar-refractivity contribution is 5.85. The highest BCUT2D eigenvalue weighted by Crippen LogP contribution is 2.41. The van der Waals surface area contributed by atoms with Crippen LogP contribution in [0.5, 0.6) is 5.75 Å². The van der Waals surface area contributed by atoms with Crippen molar-refractivity contribution in [3.63, 3.8) is 0 Å². The molecule has 0 heterocycles. The van der Waals surface area contributed by atoms with E-state index in [0.29, 0.717) is 11.3 Å². The van der Waals surface area contributed by atoms with Crippen molar-refractivity contribution in [2.75, 3.05) is 0 Å². The molecular formula is C37H53NO2. The molecule has 0 N–H and O–H groups in total. The number of aryl methyl sites for hydroxylation is 2. The van der Waals surface area contributed by atoms with Crippen molar-refractivity contribution < 1.29 is 9.53 Å². The zero-order chi connectivity index (χ0) is 28.5. The molecule has 1 saturated carbocycles. The van der Waals surface area contributed by atoms with E-state index in [1.165, 1.54) is 82.6 Å². The van der Waals surface area contributed by atoms with Gasteiger partial charge in [-0.1, -0.05) is 134 Å². The Kier molecular flexibility index (Phi) is 14.3. The summed E-state index contributed by atoms with van der Waals surface area (Å²) in [7, 11) is 0. The van der Waals surface area contributed by atoms with Gasteiger partial charge in [0, 0.05) is 0 Å². The molecule has 3 heteroatoms. The molecule has 0 spiro atoms. The quantitative estimate of drug-likeness (QED) is 0.107. The number of hydrogen-bond donors (Lipinski definition) is 0. The van der Waals surface area contributed by atoms with Gasteiger partial charge in [0.05, 0.1) is 11.0 Å². The highest BCUT2D eigenvalue weighted by atomic mass is 16.5. The molecule has 0 bridgehead atoms. The van der Waals surface area contributed by atoms with Crippen LogP contribution in [0.2, 0.25) is 0 Å². The van der Waals surface area contributed by atoms with Crippen molar-refractivity contribution in [1.29, 1.82) is 5.26 Å². The van der Waals surface area contributed by atoms with Crippen molar-refractivity contribution in [2.24, 2.45) is 0 Å². The summed E-state index contributed by atoms with van der Waals surface area (Å²) in [5.41, 5.74) is 3.41. The Balaban J connectivity index is 1.60. The molecular weight excluding hydrogens is 490 g/mol. The second-order valence-electron chi connectivity index (χ2n) is 12.1. The molecule has 0 aromatic heterocycles. The molecule has 2 aromatic rings. The molecule has 1 aliphatic rings. The first-order valence-corrected chi connectivity index (χ1v) is 16.5. The fourth-order valence-corrected chi connectivity index (χ4v) is 6.26. The average molecular weight is 544 g/mol. The Morgan fingerprint density at radius 3 is 1.82 bits per heavy atom. The van der Waals surface area contributed by atoms with Crippen molar-refractivity contribution in [2.45, 2.75) is 148 Å². The van der Waals surface area contributed by atoms with E-state index >= 15 is 0 Å². The summed E-state index contributed by atoms with van der Waals surface area (Å²) >= 11 is 0. The monoisotopic (exact) mass is 543 g/mol. The van der Waals surface area contributed by atoms with Crippen molar-refractivity contribution in [3.8, 4) is 11.8 Å². The van der Waals surface area contributed by atoms with Crippen LogP contribution in [0.1, 0.15) is 152 Å². The van der Waals surface area contributed by atoms with Gasteiger partial charge in [0.25, 0.3) is 0 Å². The van der Waals surface area contributed by atoms with Crippen LogP contribution in [-0.4, -0.2) is 5.97 Å². The SMILES string of the molecule is CCCCCCCCCCc1ccc(OC(=O)C2(c3ccc(CCCCCCC)cc3)CCCCC2)c(C#N)c1. The molecule has 0 saturated heterocycles. The fraction of sp³-hybridized carbons (Fsp3) is 0.622. The minimum absolute atomic E-state index is 0.202. The zero-order valence-corrected chi connectivity index (χ0v) is 25.4. The summed E-state index contributed by atoms with van der Waals surface area (Å²) < 4.78 is 6.05. The number of esters is 1. The number of unbranched alkanes of at least 4 members (excludes halogenated alkanes) is 11. The van der Waals surface area contributed by atoms with Crippen LogP contribution in [0.15, 0.2) is 42.5 Å². The number of nitrogens with zero attached hydrogens (tertiary/aromatic N) is 1. The van der Waals surface area contributed by atoms with Gasteiger partial charge in [0.1, 0.15) is 11.8 Å². The minimum Gasteiger partial charge on any atom is -0.424 e. The lowest BCUT2D eigenvalue weighted by atomic mass is 9.69. The van der Waals surface area contributed by atoms with Crippen LogP contribution in [-0.2, 0) is 23.1 Å². The predicted molar refractivity (Wildman–Crippen MR) is 167 cm³/mol. The maximum absolute atomic E-state index is 13.8. The van der Waals surface area contributed by atoms with Crippen LogP contribution >= 0.6 is 0 Å². The summed E-state index contributed by atoms with van der Waals surface area (Å²) in [6.07, 6.45) is 23.6.